The first-order chi connectivity index (χ1) is 14.9. The van der Waals surface area contributed by atoms with Crippen molar-refractivity contribution in [2.24, 2.45) is 0 Å². The topological polar surface area (TPSA) is 117 Å². The molecular formula is C22H21N3O6. The minimum absolute atomic E-state index is 0.0919. The number of nitrogens with zero attached hydrogens (tertiary/aromatic N) is 2. The van der Waals surface area contributed by atoms with Crippen LogP contribution in [0.4, 0.5) is 5.69 Å². The highest BCUT2D eigenvalue weighted by molar-refractivity contribution is 5.99. The number of ether oxygens (including phenoxy) is 2. The van der Waals surface area contributed by atoms with Crippen LogP contribution in [-0.2, 0) is 20.8 Å². The van der Waals surface area contributed by atoms with Crippen molar-refractivity contribution in [3.63, 3.8) is 0 Å². The van der Waals surface area contributed by atoms with Gasteiger partial charge in [-0.2, -0.15) is 0 Å². The summed E-state index contributed by atoms with van der Waals surface area (Å²) in [7, 11) is 0. The summed E-state index contributed by atoms with van der Waals surface area (Å²) in [4.78, 5) is 53.3. The van der Waals surface area contributed by atoms with Gasteiger partial charge in [0.05, 0.1) is 41.6 Å². The molecule has 0 atom stereocenters. The Labute approximate surface area is 177 Å². The molecule has 0 aliphatic rings. The van der Waals surface area contributed by atoms with Gasteiger partial charge in [0.25, 0.3) is 5.56 Å². The Morgan fingerprint density at radius 3 is 2.19 bits per heavy atom. The second kappa shape index (κ2) is 9.66. The van der Waals surface area contributed by atoms with Crippen molar-refractivity contribution in [1.29, 1.82) is 0 Å². The third-order valence-electron chi connectivity index (χ3n) is 4.29. The Morgan fingerprint density at radius 2 is 1.58 bits per heavy atom. The smallest absolute Gasteiger partial charge is 0.338 e. The molecule has 0 aliphatic heterocycles. The van der Waals surface area contributed by atoms with Crippen LogP contribution in [0, 0.1) is 0 Å². The van der Waals surface area contributed by atoms with E-state index in [9.17, 15) is 19.2 Å². The average molecular weight is 423 g/mol. The molecule has 9 heteroatoms. The molecule has 1 N–H and O–H groups in total. The van der Waals surface area contributed by atoms with E-state index >= 15 is 0 Å². The lowest BCUT2D eigenvalue weighted by Gasteiger charge is -2.12. The van der Waals surface area contributed by atoms with Gasteiger partial charge in [0.15, 0.2) is 0 Å². The molecule has 2 aromatic carbocycles. The number of carbonyl (C=O) groups is 3. The van der Waals surface area contributed by atoms with Gasteiger partial charge in [-0.05, 0) is 44.2 Å². The minimum atomic E-state index is -0.638. The predicted octanol–water partition coefficient (Wildman–Crippen LogP) is 2.39. The van der Waals surface area contributed by atoms with Gasteiger partial charge < -0.3 is 14.8 Å². The van der Waals surface area contributed by atoms with Crippen LogP contribution >= 0.6 is 0 Å². The summed E-state index contributed by atoms with van der Waals surface area (Å²) in [6, 6.07) is 11.1. The van der Waals surface area contributed by atoms with E-state index in [1.165, 1.54) is 22.8 Å². The maximum atomic E-state index is 12.7. The summed E-state index contributed by atoms with van der Waals surface area (Å²) in [6.45, 7) is 3.35. The molecule has 0 fully saturated rings. The number of esters is 2. The maximum absolute atomic E-state index is 12.7. The molecule has 9 nitrogen and oxygen atoms in total. The first-order valence-corrected chi connectivity index (χ1v) is 9.66. The van der Waals surface area contributed by atoms with Crippen LogP contribution in [0.15, 0.2) is 53.5 Å². The van der Waals surface area contributed by atoms with Gasteiger partial charge in [-0.15, -0.1) is 0 Å². The number of aromatic nitrogens is 2. The molecule has 1 amide bonds. The zero-order chi connectivity index (χ0) is 22.4. The van der Waals surface area contributed by atoms with Crippen LogP contribution in [0.2, 0.25) is 0 Å². The Morgan fingerprint density at radius 1 is 0.968 bits per heavy atom. The van der Waals surface area contributed by atoms with Crippen molar-refractivity contribution in [2.75, 3.05) is 18.5 Å². The molecule has 31 heavy (non-hydrogen) atoms. The van der Waals surface area contributed by atoms with Gasteiger partial charge in [-0.3, -0.25) is 14.2 Å². The number of rotatable bonds is 7. The SMILES string of the molecule is CCOC(=O)c1cc(NC(=O)Cn2c(=O)cnc3ccccc32)cc(C(=O)OCC)c1. The first-order valence-electron chi connectivity index (χ1n) is 9.66. The summed E-state index contributed by atoms with van der Waals surface area (Å²) in [5.74, 6) is -1.80. The fourth-order valence-corrected chi connectivity index (χ4v) is 2.99. The predicted molar refractivity (Wildman–Crippen MR) is 113 cm³/mol. The number of nitrogens with one attached hydrogen (secondary N) is 1. The summed E-state index contributed by atoms with van der Waals surface area (Å²) in [5, 5.41) is 2.62. The lowest BCUT2D eigenvalue weighted by Crippen LogP contribution is -2.28. The largest absolute Gasteiger partial charge is 0.462 e. The quantitative estimate of drug-likeness (QED) is 0.580. The molecule has 3 rings (SSSR count). The number of amides is 1. The molecular weight excluding hydrogens is 402 g/mol. The van der Waals surface area contributed by atoms with Crippen LogP contribution in [0.3, 0.4) is 0 Å². The Kier molecular flexibility index (Phi) is 6.76. The Balaban J connectivity index is 1.90. The zero-order valence-corrected chi connectivity index (χ0v) is 17.1. The number of benzene rings is 2. The molecule has 0 saturated carbocycles. The van der Waals surface area contributed by atoms with E-state index in [0.717, 1.165) is 6.20 Å². The molecule has 160 valence electrons. The Hall–Kier alpha value is -4.01. The molecule has 0 spiro atoms. The Bertz CT molecular complexity index is 1170. The molecule has 0 aliphatic carbocycles. The lowest BCUT2D eigenvalue weighted by atomic mass is 10.1. The molecule has 0 saturated heterocycles. The van der Waals surface area contributed by atoms with E-state index in [1.54, 1.807) is 38.1 Å². The molecule has 0 unspecified atom stereocenters. The van der Waals surface area contributed by atoms with Crippen LogP contribution in [0.5, 0.6) is 0 Å². The third kappa shape index (κ3) is 5.13. The van der Waals surface area contributed by atoms with Crippen molar-refractivity contribution < 1.29 is 23.9 Å². The van der Waals surface area contributed by atoms with Crippen molar-refractivity contribution in [2.45, 2.75) is 20.4 Å². The van der Waals surface area contributed by atoms with Crippen molar-refractivity contribution in [3.8, 4) is 0 Å². The summed E-state index contributed by atoms with van der Waals surface area (Å²) in [5.41, 5.74) is 1.04. The number of hydrogen-bond donors (Lipinski definition) is 1. The number of para-hydroxylation sites is 2. The van der Waals surface area contributed by atoms with Crippen LogP contribution < -0.4 is 10.9 Å². The van der Waals surface area contributed by atoms with E-state index < -0.39 is 23.4 Å². The van der Waals surface area contributed by atoms with Gasteiger partial charge in [0, 0.05) is 5.69 Å². The van der Waals surface area contributed by atoms with Crippen molar-refractivity contribution >= 4 is 34.6 Å². The lowest BCUT2D eigenvalue weighted by molar-refractivity contribution is -0.116. The van der Waals surface area contributed by atoms with E-state index in [-0.39, 0.29) is 36.6 Å². The van der Waals surface area contributed by atoms with Gasteiger partial charge in [0.1, 0.15) is 6.54 Å². The number of fused-ring (bicyclic) bond motifs is 1. The number of hydrogen-bond acceptors (Lipinski definition) is 7. The average Bonchev–Trinajstić information content (AvgIpc) is 2.76. The van der Waals surface area contributed by atoms with Crippen LogP contribution in [-0.4, -0.2) is 40.6 Å². The first kappa shape index (κ1) is 21.7. The highest BCUT2D eigenvalue weighted by atomic mass is 16.5. The number of carbonyl (C=O) groups excluding carboxylic acids is 3. The van der Waals surface area contributed by atoms with Gasteiger partial charge in [-0.25, -0.2) is 14.6 Å². The summed E-state index contributed by atoms with van der Waals surface area (Å²) in [6.07, 6.45) is 1.15. The molecule has 3 aromatic rings. The normalized spacial score (nSPS) is 10.5. The molecule has 1 aromatic heterocycles. The van der Waals surface area contributed by atoms with Gasteiger partial charge in [-0.1, -0.05) is 12.1 Å². The van der Waals surface area contributed by atoms with Crippen LogP contribution in [0.1, 0.15) is 34.6 Å². The molecule has 0 radical (unpaired) electrons. The second-order valence-corrected chi connectivity index (χ2v) is 6.46. The van der Waals surface area contributed by atoms with Gasteiger partial charge >= 0.3 is 11.9 Å². The second-order valence-electron chi connectivity index (χ2n) is 6.46. The fourth-order valence-electron chi connectivity index (χ4n) is 2.99. The highest BCUT2D eigenvalue weighted by Crippen LogP contribution is 2.18. The fraction of sp³-hybridized carbons (Fsp3) is 0.227. The number of anilines is 1. The van der Waals surface area contributed by atoms with Gasteiger partial charge in [0.2, 0.25) is 5.91 Å². The van der Waals surface area contributed by atoms with E-state index in [1.807, 2.05) is 0 Å². The zero-order valence-electron chi connectivity index (χ0n) is 17.1. The van der Waals surface area contributed by atoms with E-state index in [0.29, 0.717) is 11.0 Å². The maximum Gasteiger partial charge on any atom is 0.338 e. The molecule has 1 heterocycles. The van der Waals surface area contributed by atoms with E-state index in [4.69, 9.17) is 9.47 Å². The highest BCUT2D eigenvalue weighted by Gasteiger charge is 2.16. The van der Waals surface area contributed by atoms with E-state index in [2.05, 4.69) is 10.3 Å². The van der Waals surface area contributed by atoms with Crippen LogP contribution in [0.25, 0.3) is 11.0 Å². The van der Waals surface area contributed by atoms with Crippen molar-refractivity contribution in [1.82, 2.24) is 9.55 Å². The standard InChI is InChI=1S/C22H21N3O6/c1-3-30-21(28)14-9-15(22(29)31-4-2)11-16(10-14)24-19(26)13-25-18-8-6-5-7-17(18)23-12-20(25)27/h5-12H,3-4,13H2,1-2H3,(H,24,26). The summed E-state index contributed by atoms with van der Waals surface area (Å²) >= 11 is 0. The molecule has 0 bridgehead atoms. The summed E-state index contributed by atoms with van der Waals surface area (Å²) < 4.78 is 11.3. The van der Waals surface area contributed by atoms with Crippen molar-refractivity contribution in [3.05, 3.63) is 70.1 Å². The third-order valence-corrected chi connectivity index (χ3v) is 4.29. The monoisotopic (exact) mass is 423 g/mol. The minimum Gasteiger partial charge on any atom is -0.462 e.